The molecule has 1 N–H and O–H groups in total. The van der Waals surface area contributed by atoms with E-state index in [-0.39, 0.29) is 17.4 Å². The van der Waals surface area contributed by atoms with E-state index < -0.39 is 17.7 Å². The van der Waals surface area contributed by atoms with Crippen molar-refractivity contribution in [3.05, 3.63) is 83.4 Å². The van der Waals surface area contributed by atoms with Crippen molar-refractivity contribution < 1.29 is 24.2 Å². The van der Waals surface area contributed by atoms with Crippen LogP contribution in [-0.2, 0) is 14.3 Å². The Bertz CT molecular complexity index is 1320. The average Bonchev–Trinajstić information content (AvgIpc) is 3.49. The molecule has 36 heavy (non-hydrogen) atoms. The molecule has 5 rings (SSSR count). The minimum Gasteiger partial charge on any atom is -0.507 e. The minimum absolute atomic E-state index is 0.0929. The summed E-state index contributed by atoms with van der Waals surface area (Å²) in [6, 6.07) is 20.0. The fraction of sp³-hybridized carbons (Fsp3) is 0.333. The van der Waals surface area contributed by atoms with Gasteiger partial charge in [0.2, 0.25) is 0 Å². The number of rotatable bonds is 7. The third kappa shape index (κ3) is 4.61. The summed E-state index contributed by atoms with van der Waals surface area (Å²) < 4.78 is 11.6. The van der Waals surface area contributed by atoms with Gasteiger partial charge in [-0.3, -0.25) is 9.59 Å². The molecule has 0 aromatic heterocycles. The molecule has 2 atom stereocenters. The Morgan fingerprint density at radius 3 is 2.64 bits per heavy atom. The van der Waals surface area contributed by atoms with Gasteiger partial charge in [-0.05, 0) is 47.2 Å². The Morgan fingerprint density at radius 1 is 1.08 bits per heavy atom. The highest BCUT2D eigenvalue weighted by atomic mass is 16.5. The Hall–Kier alpha value is -3.64. The topological polar surface area (TPSA) is 76.1 Å². The van der Waals surface area contributed by atoms with Crippen LogP contribution >= 0.6 is 0 Å². The quantitative estimate of drug-likeness (QED) is 0.273. The molecule has 3 aromatic rings. The van der Waals surface area contributed by atoms with Crippen molar-refractivity contribution in [3.63, 3.8) is 0 Å². The van der Waals surface area contributed by atoms with E-state index >= 15 is 0 Å². The number of nitrogens with zero attached hydrogens (tertiary/aromatic N) is 1. The van der Waals surface area contributed by atoms with Crippen LogP contribution in [0.3, 0.4) is 0 Å². The number of aliphatic hydroxyl groups is 1. The number of carbonyl (C=O) groups excluding carboxylic acids is 2. The van der Waals surface area contributed by atoms with Gasteiger partial charge in [0.15, 0.2) is 0 Å². The molecule has 6 nitrogen and oxygen atoms in total. The first-order chi connectivity index (χ1) is 17.4. The molecule has 6 heteroatoms. The van der Waals surface area contributed by atoms with Crippen molar-refractivity contribution in [2.24, 2.45) is 5.92 Å². The summed E-state index contributed by atoms with van der Waals surface area (Å²) in [7, 11) is 0. The number of hydrogen-bond donors (Lipinski definition) is 1. The normalized spacial score (nSPS) is 21.6. The molecule has 0 aliphatic carbocycles. The van der Waals surface area contributed by atoms with Crippen LogP contribution in [-0.4, -0.2) is 47.6 Å². The van der Waals surface area contributed by atoms with E-state index in [1.807, 2.05) is 48.5 Å². The lowest BCUT2D eigenvalue weighted by atomic mass is 9.91. The highest BCUT2D eigenvalue weighted by Gasteiger charge is 2.47. The number of ether oxygens (including phenoxy) is 2. The summed E-state index contributed by atoms with van der Waals surface area (Å²) in [6.07, 6.45) is 1.63. The molecule has 2 saturated heterocycles. The van der Waals surface area contributed by atoms with Gasteiger partial charge < -0.3 is 19.5 Å². The fourth-order valence-corrected chi connectivity index (χ4v) is 5.04. The number of benzene rings is 3. The zero-order valence-corrected chi connectivity index (χ0v) is 20.6. The lowest BCUT2D eigenvalue weighted by molar-refractivity contribution is -0.140. The maximum absolute atomic E-state index is 13.4. The Kier molecular flexibility index (Phi) is 6.79. The van der Waals surface area contributed by atoms with Crippen molar-refractivity contribution in [2.45, 2.75) is 38.8 Å². The summed E-state index contributed by atoms with van der Waals surface area (Å²) in [5.74, 6) is -0.551. The molecule has 2 unspecified atom stereocenters. The summed E-state index contributed by atoms with van der Waals surface area (Å²) in [5.41, 5.74) is 1.34. The van der Waals surface area contributed by atoms with Gasteiger partial charge in [0.1, 0.15) is 11.5 Å². The van der Waals surface area contributed by atoms with Crippen molar-refractivity contribution in [1.29, 1.82) is 0 Å². The van der Waals surface area contributed by atoms with Crippen LogP contribution in [0.4, 0.5) is 0 Å². The molecular weight excluding hydrogens is 454 g/mol. The Morgan fingerprint density at radius 2 is 1.86 bits per heavy atom. The van der Waals surface area contributed by atoms with Crippen molar-refractivity contribution in [2.75, 3.05) is 19.8 Å². The second-order valence-electron chi connectivity index (χ2n) is 9.89. The average molecular weight is 486 g/mol. The predicted molar refractivity (Wildman–Crippen MR) is 139 cm³/mol. The van der Waals surface area contributed by atoms with Gasteiger partial charge in [-0.25, -0.2) is 0 Å². The van der Waals surface area contributed by atoms with Crippen LogP contribution in [0, 0.1) is 5.92 Å². The van der Waals surface area contributed by atoms with Crippen LogP contribution in [0.5, 0.6) is 5.75 Å². The van der Waals surface area contributed by atoms with Gasteiger partial charge in [-0.1, -0.05) is 68.4 Å². The Balaban J connectivity index is 1.64. The van der Waals surface area contributed by atoms with E-state index in [4.69, 9.17) is 9.47 Å². The Labute approximate surface area is 211 Å². The van der Waals surface area contributed by atoms with Crippen molar-refractivity contribution in [3.8, 4) is 5.75 Å². The molecule has 0 spiro atoms. The number of fused-ring (bicyclic) bond motifs is 1. The molecule has 0 bridgehead atoms. The first-order valence-corrected chi connectivity index (χ1v) is 12.5. The standard InChI is InChI=1S/C30H31NO5/c1-19(2)18-36-22-11-5-10-21(16-22)28(32)26-27(25-14-6-9-20-8-3-4-13-24(20)25)31(30(34)29(26)33)17-23-12-7-15-35-23/h3-6,8-11,13-14,16,19,23,27,32H,7,12,15,17-18H2,1-2H3/b28-26-. The zero-order chi connectivity index (χ0) is 25.2. The molecule has 0 saturated carbocycles. The van der Waals surface area contributed by atoms with Gasteiger partial charge in [-0.2, -0.15) is 0 Å². The summed E-state index contributed by atoms with van der Waals surface area (Å²) in [5, 5.41) is 13.4. The maximum Gasteiger partial charge on any atom is 0.295 e. The van der Waals surface area contributed by atoms with Crippen LogP contribution < -0.4 is 4.74 Å². The smallest absolute Gasteiger partial charge is 0.295 e. The van der Waals surface area contributed by atoms with Gasteiger partial charge in [0.25, 0.3) is 11.7 Å². The molecule has 2 aliphatic heterocycles. The molecule has 2 heterocycles. The summed E-state index contributed by atoms with van der Waals surface area (Å²) in [4.78, 5) is 28.4. The molecule has 1 amide bonds. The molecule has 2 fully saturated rings. The summed E-state index contributed by atoms with van der Waals surface area (Å²) >= 11 is 0. The number of Topliss-reactive ketones (excluding diaryl/α,β-unsaturated/α-hetero) is 1. The number of carbonyl (C=O) groups is 2. The second kappa shape index (κ2) is 10.2. The highest BCUT2D eigenvalue weighted by molar-refractivity contribution is 6.46. The number of amides is 1. The maximum atomic E-state index is 13.4. The van der Waals surface area contributed by atoms with Gasteiger partial charge >= 0.3 is 0 Å². The highest BCUT2D eigenvalue weighted by Crippen LogP contribution is 2.42. The fourth-order valence-electron chi connectivity index (χ4n) is 5.04. The van der Waals surface area contributed by atoms with Crippen molar-refractivity contribution in [1.82, 2.24) is 4.90 Å². The van der Waals surface area contributed by atoms with Crippen LogP contribution in [0.25, 0.3) is 16.5 Å². The van der Waals surface area contributed by atoms with E-state index in [2.05, 4.69) is 13.8 Å². The van der Waals surface area contributed by atoms with E-state index in [1.54, 1.807) is 23.1 Å². The monoisotopic (exact) mass is 485 g/mol. The first kappa shape index (κ1) is 24.1. The number of likely N-dealkylation sites (tertiary alicyclic amines) is 1. The largest absolute Gasteiger partial charge is 0.507 e. The molecule has 3 aromatic carbocycles. The van der Waals surface area contributed by atoms with Crippen LogP contribution in [0.15, 0.2) is 72.3 Å². The number of hydrogen-bond acceptors (Lipinski definition) is 5. The van der Waals surface area contributed by atoms with Gasteiger partial charge in [-0.15, -0.1) is 0 Å². The van der Waals surface area contributed by atoms with E-state index in [0.717, 1.165) is 29.2 Å². The number of aliphatic hydroxyl groups excluding tert-OH is 1. The molecule has 186 valence electrons. The third-order valence-corrected chi connectivity index (χ3v) is 6.77. The molecule has 0 radical (unpaired) electrons. The molecule has 2 aliphatic rings. The van der Waals surface area contributed by atoms with Crippen molar-refractivity contribution >= 4 is 28.2 Å². The van der Waals surface area contributed by atoms with Gasteiger partial charge in [0, 0.05) is 18.7 Å². The zero-order valence-electron chi connectivity index (χ0n) is 20.6. The lowest BCUT2D eigenvalue weighted by Crippen LogP contribution is -2.36. The van der Waals surface area contributed by atoms with E-state index in [1.165, 1.54) is 0 Å². The minimum atomic E-state index is -0.722. The SMILES string of the molecule is CC(C)COc1cccc(/C(O)=C2/C(=O)C(=O)N(CC3CCCO3)C2c2cccc3ccccc23)c1. The first-order valence-electron chi connectivity index (χ1n) is 12.5. The van der Waals surface area contributed by atoms with Crippen LogP contribution in [0.1, 0.15) is 43.9 Å². The lowest BCUT2D eigenvalue weighted by Gasteiger charge is -2.28. The second-order valence-corrected chi connectivity index (χ2v) is 9.89. The van der Waals surface area contributed by atoms with E-state index in [0.29, 0.717) is 37.0 Å². The molecular formula is C30H31NO5. The van der Waals surface area contributed by atoms with E-state index in [9.17, 15) is 14.7 Å². The van der Waals surface area contributed by atoms with Gasteiger partial charge in [0.05, 0.1) is 24.3 Å². The predicted octanol–water partition coefficient (Wildman–Crippen LogP) is 5.48. The van der Waals surface area contributed by atoms with Crippen LogP contribution in [0.2, 0.25) is 0 Å². The number of ketones is 1. The third-order valence-electron chi connectivity index (χ3n) is 6.77. The summed E-state index contributed by atoms with van der Waals surface area (Å²) in [6.45, 7) is 5.60.